The average Bonchev–Trinajstić information content (AvgIpc) is 3.14. The molecule has 2 aliphatic rings. The third-order valence-electron chi connectivity index (χ3n) is 3.85. The summed E-state index contributed by atoms with van der Waals surface area (Å²) < 4.78 is 1.94. The number of nitrogens with zero attached hydrogens (tertiary/aromatic N) is 3. The molecule has 102 valence electrons. The van der Waals surface area contributed by atoms with Crippen LogP contribution in [0, 0.1) is 5.92 Å². The van der Waals surface area contributed by atoms with E-state index in [9.17, 15) is 9.59 Å². The van der Waals surface area contributed by atoms with Gasteiger partial charge in [0.1, 0.15) is 11.9 Å². The summed E-state index contributed by atoms with van der Waals surface area (Å²) in [5, 5.41) is 2.81. The lowest BCUT2D eigenvalue weighted by atomic mass is 10.1. The molecule has 2 fully saturated rings. The minimum absolute atomic E-state index is 0.0451. The highest BCUT2D eigenvalue weighted by Crippen LogP contribution is 2.34. The second kappa shape index (κ2) is 4.68. The van der Waals surface area contributed by atoms with Crippen molar-refractivity contribution < 1.29 is 9.59 Å². The zero-order valence-corrected chi connectivity index (χ0v) is 11.0. The number of hydrogen-bond donors (Lipinski definition) is 1. The molecule has 6 heteroatoms. The van der Waals surface area contributed by atoms with Gasteiger partial charge in [0, 0.05) is 32.4 Å². The number of aromatic nitrogens is 2. The van der Waals surface area contributed by atoms with E-state index in [1.165, 1.54) is 0 Å². The molecule has 0 radical (unpaired) electrons. The Kier molecular flexibility index (Phi) is 3.00. The molecule has 0 aromatic carbocycles. The van der Waals surface area contributed by atoms with Crippen LogP contribution in [0.5, 0.6) is 0 Å². The van der Waals surface area contributed by atoms with Crippen molar-refractivity contribution in [3.63, 3.8) is 0 Å². The van der Waals surface area contributed by atoms with E-state index in [1.807, 2.05) is 17.8 Å². The van der Waals surface area contributed by atoms with Gasteiger partial charge in [-0.3, -0.25) is 9.59 Å². The quantitative estimate of drug-likeness (QED) is 0.810. The lowest BCUT2D eigenvalue weighted by Gasteiger charge is -2.32. The number of carbonyl (C=O) groups is 2. The van der Waals surface area contributed by atoms with Crippen molar-refractivity contribution in [3.8, 4) is 0 Å². The summed E-state index contributed by atoms with van der Waals surface area (Å²) in [6, 6.07) is -0.289. The van der Waals surface area contributed by atoms with Crippen molar-refractivity contribution >= 4 is 11.8 Å². The van der Waals surface area contributed by atoms with Gasteiger partial charge in [-0.15, -0.1) is 0 Å². The van der Waals surface area contributed by atoms with Crippen LogP contribution in [-0.4, -0.2) is 45.4 Å². The van der Waals surface area contributed by atoms with Gasteiger partial charge in [-0.2, -0.15) is 0 Å². The van der Waals surface area contributed by atoms with E-state index >= 15 is 0 Å². The number of hydrogen-bond acceptors (Lipinski definition) is 3. The van der Waals surface area contributed by atoms with Gasteiger partial charge < -0.3 is 14.8 Å². The molecule has 1 aromatic heterocycles. The number of rotatable bonds is 4. The molecule has 1 unspecified atom stereocenters. The summed E-state index contributed by atoms with van der Waals surface area (Å²) in [4.78, 5) is 29.8. The Morgan fingerprint density at radius 3 is 2.84 bits per heavy atom. The van der Waals surface area contributed by atoms with E-state index in [1.54, 1.807) is 11.1 Å². The minimum Gasteiger partial charge on any atom is -0.342 e. The highest BCUT2D eigenvalue weighted by molar-refractivity contribution is 5.95. The number of piperazine rings is 1. The van der Waals surface area contributed by atoms with Gasteiger partial charge in [0.15, 0.2) is 0 Å². The first-order valence-corrected chi connectivity index (χ1v) is 6.69. The van der Waals surface area contributed by atoms with Gasteiger partial charge in [0.2, 0.25) is 11.8 Å². The molecule has 1 N–H and O–H groups in total. The maximum atomic E-state index is 12.3. The second-order valence-electron chi connectivity index (χ2n) is 5.35. The van der Waals surface area contributed by atoms with Gasteiger partial charge in [-0.25, -0.2) is 4.98 Å². The van der Waals surface area contributed by atoms with E-state index in [-0.39, 0.29) is 24.4 Å². The molecular formula is C13H18N4O2. The summed E-state index contributed by atoms with van der Waals surface area (Å²) in [5.41, 5.74) is 0. The Morgan fingerprint density at radius 2 is 2.21 bits per heavy atom. The average molecular weight is 262 g/mol. The van der Waals surface area contributed by atoms with Gasteiger partial charge >= 0.3 is 0 Å². The molecule has 3 rings (SSSR count). The monoisotopic (exact) mass is 262 g/mol. The molecule has 1 aliphatic carbocycles. The zero-order valence-electron chi connectivity index (χ0n) is 11.0. The maximum absolute atomic E-state index is 12.3. The molecule has 1 saturated carbocycles. The molecule has 1 aromatic rings. The number of aryl methyl sites for hydroxylation is 1. The second-order valence-corrected chi connectivity index (χ2v) is 5.35. The van der Waals surface area contributed by atoms with Gasteiger partial charge in [-0.05, 0) is 18.8 Å². The lowest BCUT2D eigenvalue weighted by molar-refractivity contribution is -0.144. The van der Waals surface area contributed by atoms with Crippen LogP contribution in [0.3, 0.4) is 0 Å². The van der Waals surface area contributed by atoms with Crippen LogP contribution < -0.4 is 5.32 Å². The predicted octanol–water partition coefficient (Wildman–Crippen LogP) is -0.300. The van der Waals surface area contributed by atoms with Crippen LogP contribution in [0.15, 0.2) is 12.4 Å². The largest absolute Gasteiger partial charge is 0.342 e. The molecule has 0 spiro atoms. The fraction of sp³-hybridized carbons (Fsp3) is 0.615. The van der Waals surface area contributed by atoms with Crippen molar-refractivity contribution in [2.24, 2.45) is 13.0 Å². The summed E-state index contributed by atoms with van der Waals surface area (Å²) >= 11 is 0. The summed E-state index contributed by atoms with van der Waals surface area (Å²) in [5.74, 6) is 1.31. The van der Waals surface area contributed by atoms with E-state index in [0.717, 1.165) is 18.7 Å². The Hall–Kier alpha value is -1.85. The Labute approximate surface area is 111 Å². The predicted molar refractivity (Wildman–Crippen MR) is 68.1 cm³/mol. The first kappa shape index (κ1) is 12.2. The molecule has 1 atom stereocenters. The molecular weight excluding hydrogens is 244 g/mol. The molecule has 6 nitrogen and oxygen atoms in total. The zero-order chi connectivity index (χ0) is 13.4. The van der Waals surface area contributed by atoms with Crippen molar-refractivity contribution in [1.29, 1.82) is 0 Å². The van der Waals surface area contributed by atoms with Crippen LogP contribution in [0.2, 0.25) is 0 Å². The van der Waals surface area contributed by atoms with E-state index < -0.39 is 0 Å². The molecule has 0 bridgehead atoms. The van der Waals surface area contributed by atoms with Crippen LogP contribution >= 0.6 is 0 Å². The third-order valence-corrected chi connectivity index (χ3v) is 3.85. The highest BCUT2D eigenvalue weighted by atomic mass is 16.2. The normalized spacial score (nSPS) is 23.6. The molecule has 2 amide bonds. The van der Waals surface area contributed by atoms with Crippen LogP contribution in [0.4, 0.5) is 0 Å². The first-order chi connectivity index (χ1) is 9.15. The Balaban J connectivity index is 1.64. The fourth-order valence-corrected chi connectivity index (χ4v) is 2.54. The van der Waals surface area contributed by atoms with Crippen molar-refractivity contribution in [1.82, 2.24) is 19.8 Å². The van der Waals surface area contributed by atoms with Gasteiger partial charge in [-0.1, -0.05) is 0 Å². The molecule has 1 aliphatic heterocycles. The van der Waals surface area contributed by atoms with Crippen molar-refractivity contribution in [2.45, 2.75) is 25.3 Å². The summed E-state index contributed by atoms with van der Waals surface area (Å²) in [6.07, 6.45) is 6.40. The van der Waals surface area contributed by atoms with Crippen LogP contribution in [-0.2, 0) is 23.1 Å². The standard InChI is InChI=1S/C13H18N4O2/c1-16-7-5-14-10(16)4-6-17-8-11(18)15-12(13(17)19)9-2-3-9/h5,7,9,12H,2-4,6,8H2,1H3,(H,15,18). The van der Waals surface area contributed by atoms with Crippen LogP contribution in [0.1, 0.15) is 18.7 Å². The summed E-state index contributed by atoms with van der Waals surface area (Å²) in [7, 11) is 1.93. The van der Waals surface area contributed by atoms with Crippen molar-refractivity contribution in [3.05, 3.63) is 18.2 Å². The number of nitrogens with one attached hydrogen (secondary N) is 1. The van der Waals surface area contributed by atoms with Gasteiger partial charge in [0.25, 0.3) is 0 Å². The van der Waals surface area contributed by atoms with Crippen LogP contribution in [0.25, 0.3) is 0 Å². The third kappa shape index (κ3) is 2.47. The molecule has 19 heavy (non-hydrogen) atoms. The first-order valence-electron chi connectivity index (χ1n) is 6.69. The Bertz CT molecular complexity index is 506. The van der Waals surface area contributed by atoms with E-state index in [4.69, 9.17) is 0 Å². The molecule has 2 heterocycles. The van der Waals surface area contributed by atoms with E-state index in [0.29, 0.717) is 18.9 Å². The number of carbonyl (C=O) groups excluding carboxylic acids is 2. The lowest BCUT2D eigenvalue weighted by Crippen LogP contribution is -2.59. The smallest absolute Gasteiger partial charge is 0.245 e. The van der Waals surface area contributed by atoms with Crippen molar-refractivity contribution in [2.75, 3.05) is 13.1 Å². The maximum Gasteiger partial charge on any atom is 0.245 e. The SMILES string of the molecule is Cn1ccnc1CCN1CC(=O)NC(C2CC2)C1=O. The fourth-order valence-electron chi connectivity index (χ4n) is 2.54. The Morgan fingerprint density at radius 1 is 1.42 bits per heavy atom. The molecule has 1 saturated heterocycles. The van der Waals surface area contributed by atoms with Gasteiger partial charge in [0.05, 0.1) is 6.54 Å². The number of imidazole rings is 1. The highest BCUT2D eigenvalue weighted by Gasteiger charge is 2.42. The number of amides is 2. The topological polar surface area (TPSA) is 67.2 Å². The minimum atomic E-state index is -0.289. The van der Waals surface area contributed by atoms with E-state index in [2.05, 4.69) is 10.3 Å². The summed E-state index contributed by atoms with van der Waals surface area (Å²) in [6.45, 7) is 0.729.